The average molecular weight is 267 g/mol. The van der Waals surface area contributed by atoms with Crippen molar-refractivity contribution < 1.29 is 4.42 Å². The largest absolute Gasteiger partial charge is 0.456 e. The van der Waals surface area contributed by atoms with Gasteiger partial charge in [0.05, 0.1) is 0 Å². The molecule has 0 aliphatic heterocycles. The third kappa shape index (κ3) is 2.26. The molecular weight excluding hydrogens is 246 g/mol. The van der Waals surface area contributed by atoms with Gasteiger partial charge >= 0.3 is 0 Å². The fourth-order valence-electron chi connectivity index (χ4n) is 2.82. The molecule has 0 radical (unpaired) electrons. The summed E-state index contributed by atoms with van der Waals surface area (Å²) < 4.78 is 5.89. The van der Waals surface area contributed by atoms with Crippen molar-refractivity contribution in [1.82, 2.24) is 0 Å². The van der Waals surface area contributed by atoms with Crippen LogP contribution in [0.1, 0.15) is 26.7 Å². The maximum absolute atomic E-state index is 5.89. The summed E-state index contributed by atoms with van der Waals surface area (Å²) in [4.78, 5) is 2.46. The number of hydrogen-bond acceptors (Lipinski definition) is 2. The molecule has 0 bridgehead atoms. The second-order valence-electron chi connectivity index (χ2n) is 5.27. The minimum atomic E-state index is 0.970. The lowest BCUT2D eigenvalue weighted by molar-refractivity contribution is 0.668. The van der Waals surface area contributed by atoms with Gasteiger partial charge in [0.15, 0.2) is 0 Å². The molecule has 0 unspecified atom stereocenters. The van der Waals surface area contributed by atoms with Crippen molar-refractivity contribution in [2.24, 2.45) is 0 Å². The molecule has 20 heavy (non-hydrogen) atoms. The number of benzene rings is 2. The third-order valence-electron chi connectivity index (χ3n) is 3.71. The molecule has 1 aromatic heterocycles. The molecule has 0 N–H and O–H groups in total. The average Bonchev–Trinajstić information content (AvgIpc) is 2.85. The lowest BCUT2D eigenvalue weighted by Gasteiger charge is -2.23. The topological polar surface area (TPSA) is 16.4 Å². The Morgan fingerprint density at radius 3 is 2.30 bits per heavy atom. The second-order valence-corrected chi connectivity index (χ2v) is 5.27. The van der Waals surface area contributed by atoms with Crippen molar-refractivity contribution in [3.8, 4) is 0 Å². The summed E-state index contributed by atoms with van der Waals surface area (Å²) in [5.41, 5.74) is 3.24. The zero-order valence-electron chi connectivity index (χ0n) is 12.2. The number of rotatable bonds is 5. The highest BCUT2D eigenvalue weighted by atomic mass is 16.3. The van der Waals surface area contributed by atoms with Crippen molar-refractivity contribution >= 4 is 27.6 Å². The fraction of sp³-hybridized carbons (Fsp3) is 0.333. The summed E-state index contributed by atoms with van der Waals surface area (Å²) in [5.74, 6) is 0. The predicted molar refractivity (Wildman–Crippen MR) is 86.5 cm³/mol. The number of fused-ring (bicyclic) bond motifs is 3. The molecular formula is C18H21NO. The maximum atomic E-state index is 5.89. The first-order valence-corrected chi connectivity index (χ1v) is 7.49. The molecule has 0 atom stereocenters. The van der Waals surface area contributed by atoms with Crippen LogP contribution in [0.25, 0.3) is 21.9 Å². The molecule has 0 aliphatic carbocycles. The van der Waals surface area contributed by atoms with E-state index in [1.807, 2.05) is 12.1 Å². The summed E-state index contributed by atoms with van der Waals surface area (Å²) in [6.45, 7) is 6.67. The van der Waals surface area contributed by atoms with Gasteiger partial charge in [0, 0.05) is 29.5 Å². The van der Waals surface area contributed by atoms with Crippen LogP contribution >= 0.6 is 0 Å². The van der Waals surface area contributed by atoms with Gasteiger partial charge in [-0.05, 0) is 37.1 Å². The summed E-state index contributed by atoms with van der Waals surface area (Å²) in [6, 6.07) is 14.8. The van der Waals surface area contributed by atoms with Crippen molar-refractivity contribution in [3.05, 3.63) is 42.5 Å². The molecule has 0 spiro atoms. The summed E-state index contributed by atoms with van der Waals surface area (Å²) in [7, 11) is 0. The predicted octanol–water partition coefficient (Wildman–Crippen LogP) is 5.21. The van der Waals surface area contributed by atoms with Crippen LogP contribution < -0.4 is 4.90 Å². The summed E-state index contributed by atoms with van der Waals surface area (Å²) in [6.07, 6.45) is 2.34. The van der Waals surface area contributed by atoms with Crippen LogP contribution in [0.5, 0.6) is 0 Å². The molecule has 104 valence electrons. The number of anilines is 1. The second kappa shape index (κ2) is 5.58. The van der Waals surface area contributed by atoms with Crippen LogP contribution in [-0.2, 0) is 0 Å². The lowest BCUT2D eigenvalue weighted by atomic mass is 10.1. The Bertz CT molecular complexity index is 708. The van der Waals surface area contributed by atoms with E-state index in [0.29, 0.717) is 0 Å². The van der Waals surface area contributed by atoms with Gasteiger partial charge < -0.3 is 9.32 Å². The van der Waals surface area contributed by atoms with E-state index < -0.39 is 0 Å². The first kappa shape index (κ1) is 13.0. The van der Waals surface area contributed by atoms with E-state index in [0.717, 1.165) is 24.3 Å². The quantitative estimate of drug-likeness (QED) is 0.630. The van der Waals surface area contributed by atoms with E-state index in [1.165, 1.54) is 29.3 Å². The van der Waals surface area contributed by atoms with Crippen molar-refractivity contribution in [2.45, 2.75) is 26.7 Å². The van der Waals surface area contributed by atoms with E-state index in [9.17, 15) is 0 Å². The lowest BCUT2D eigenvalue weighted by Crippen LogP contribution is -2.24. The van der Waals surface area contributed by atoms with Gasteiger partial charge in [-0.15, -0.1) is 0 Å². The van der Waals surface area contributed by atoms with Crippen molar-refractivity contribution in [2.75, 3.05) is 18.0 Å². The standard InChI is InChI=1S/C18H21NO/c1-3-11-19(12-4-2)14-9-10-18-16(13-14)15-7-5-6-8-17(15)20-18/h5-10,13H,3-4,11-12H2,1-2H3. The van der Waals surface area contributed by atoms with E-state index >= 15 is 0 Å². The minimum Gasteiger partial charge on any atom is -0.456 e. The van der Waals surface area contributed by atoms with Crippen LogP contribution in [0.4, 0.5) is 5.69 Å². The first-order valence-electron chi connectivity index (χ1n) is 7.49. The molecule has 0 saturated heterocycles. The van der Waals surface area contributed by atoms with Crippen LogP contribution in [0.2, 0.25) is 0 Å². The van der Waals surface area contributed by atoms with E-state index in [-0.39, 0.29) is 0 Å². The van der Waals surface area contributed by atoms with Gasteiger partial charge in [0.1, 0.15) is 11.2 Å². The molecule has 3 rings (SSSR count). The monoisotopic (exact) mass is 267 g/mol. The molecule has 2 nitrogen and oxygen atoms in total. The zero-order chi connectivity index (χ0) is 13.9. The van der Waals surface area contributed by atoms with Crippen LogP contribution in [0.3, 0.4) is 0 Å². The Balaban J connectivity index is 2.10. The van der Waals surface area contributed by atoms with E-state index in [2.05, 4.69) is 49.1 Å². The normalized spacial score (nSPS) is 11.3. The maximum Gasteiger partial charge on any atom is 0.135 e. The summed E-state index contributed by atoms with van der Waals surface area (Å²) in [5, 5.41) is 2.42. The van der Waals surface area contributed by atoms with Gasteiger partial charge in [-0.3, -0.25) is 0 Å². The Morgan fingerprint density at radius 2 is 1.55 bits per heavy atom. The SMILES string of the molecule is CCCN(CCC)c1ccc2oc3ccccc3c2c1. The Hall–Kier alpha value is -1.96. The van der Waals surface area contributed by atoms with Gasteiger partial charge in [-0.1, -0.05) is 32.0 Å². The number of furan rings is 1. The summed E-state index contributed by atoms with van der Waals surface area (Å²) >= 11 is 0. The Kier molecular flexibility index (Phi) is 3.64. The molecule has 0 fully saturated rings. The van der Waals surface area contributed by atoms with E-state index in [1.54, 1.807) is 0 Å². The zero-order valence-corrected chi connectivity index (χ0v) is 12.2. The van der Waals surface area contributed by atoms with Gasteiger partial charge in [0.2, 0.25) is 0 Å². The van der Waals surface area contributed by atoms with Crippen LogP contribution in [0.15, 0.2) is 46.9 Å². The highest BCUT2D eigenvalue weighted by Crippen LogP contribution is 2.31. The number of nitrogens with zero attached hydrogens (tertiary/aromatic N) is 1. The van der Waals surface area contributed by atoms with Crippen LogP contribution in [-0.4, -0.2) is 13.1 Å². The fourth-order valence-corrected chi connectivity index (χ4v) is 2.82. The van der Waals surface area contributed by atoms with Crippen molar-refractivity contribution in [1.29, 1.82) is 0 Å². The number of para-hydroxylation sites is 1. The highest BCUT2D eigenvalue weighted by Gasteiger charge is 2.10. The molecule has 0 saturated carbocycles. The molecule has 3 aromatic rings. The number of hydrogen-bond donors (Lipinski definition) is 0. The smallest absolute Gasteiger partial charge is 0.135 e. The first-order chi connectivity index (χ1) is 9.83. The van der Waals surface area contributed by atoms with Gasteiger partial charge in [0.25, 0.3) is 0 Å². The molecule has 0 amide bonds. The highest BCUT2D eigenvalue weighted by molar-refractivity contribution is 6.05. The Labute approximate surface area is 120 Å². The van der Waals surface area contributed by atoms with Gasteiger partial charge in [-0.2, -0.15) is 0 Å². The molecule has 2 aromatic carbocycles. The van der Waals surface area contributed by atoms with Crippen LogP contribution in [0, 0.1) is 0 Å². The molecule has 0 aliphatic rings. The Morgan fingerprint density at radius 1 is 0.850 bits per heavy atom. The minimum absolute atomic E-state index is 0.970. The van der Waals surface area contributed by atoms with E-state index in [4.69, 9.17) is 4.42 Å². The van der Waals surface area contributed by atoms with Gasteiger partial charge in [-0.25, -0.2) is 0 Å². The molecule has 1 heterocycles. The third-order valence-corrected chi connectivity index (χ3v) is 3.71. The molecule has 2 heteroatoms. The van der Waals surface area contributed by atoms with Crippen molar-refractivity contribution in [3.63, 3.8) is 0 Å².